The highest BCUT2D eigenvalue weighted by molar-refractivity contribution is 7.22. The van der Waals surface area contributed by atoms with E-state index in [9.17, 15) is 0 Å². The van der Waals surface area contributed by atoms with Crippen LogP contribution in [0.2, 0.25) is 0 Å². The molecule has 2 aromatic heterocycles. The fourth-order valence-electron chi connectivity index (χ4n) is 3.23. The highest BCUT2D eigenvalue weighted by atomic mass is 32.1. The number of nitrogens with zero attached hydrogens (tertiary/aromatic N) is 2. The van der Waals surface area contributed by atoms with Crippen molar-refractivity contribution >= 4 is 32.5 Å². The molecule has 0 atom stereocenters. The number of benzene rings is 1. The number of pyridine rings is 1. The summed E-state index contributed by atoms with van der Waals surface area (Å²) in [7, 11) is 0. The van der Waals surface area contributed by atoms with E-state index in [0.717, 1.165) is 26.7 Å². The standard InChI is InChI=1S/C19H22N4OS/c20-18-10-13(8-9-21-18)12-24-15-6-7-16-17(11-15)25-19(23-16)22-14-4-2-1-3-5-14/h6-11,14H,1-5,12H2,(H2,20,21)(H,22,23). The molecule has 6 heteroatoms. The number of rotatable bonds is 5. The maximum atomic E-state index is 5.89. The van der Waals surface area contributed by atoms with E-state index in [-0.39, 0.29) is 0 Å². The van der Waals surface area contributed by atoms with Gasteiger partial charge in [0, 0.05) is 12.2 Å². The number of aromatic nitrogens is 2. The van der Waals surface area contributed by atoms with Gasteiger partial charge in [-0.3, -0.25) is 0 Å². The van der Waals surface area contributed by atoms with Crippen molar-refractivity contribution in [3.8, 4) is 5.75 Å². The molecular weight excluding hydrogens is 332 g/mol. The highest BCUT2D eigenvalue weighted by Crippen LogP contribution is 2.31. The van der Waals surface area contributed by atoms with E-state index >= 15 is 0 Å². The van der Waals surface area contributed by atoms with Crippen LogP contribution in [0.5, 0.6) is 5.75 Å². The fraction of sp³-hybridized carbons (Fsp3) is 0.368. The molecular formula is C19H22N4OS. The lowest BCUT2D eigenvalue weighted by atomic mass is 9.96. The predicted octanol–water partition coefficient (Wildman–Crippen LogP) is 4.60. The molecule has 1 aliphatic rings. The molecule has 1 aromatic carbocycles. The molecule has 1 saturated carbocycles. The number of fused-ring (bicyclic) bond motifs is 1. The zero-order valence-corrected chi connectivity index (χ0v) is 14.9. The second-order valence-electron chi connectivity index (χ2n) is 6.51. The molecule has 2 heterocycles. The SMILES string of the molecule is Nc1cc(COc2ccc3nc(NC4CCCCC4)sc3c2)ccn1. The number of nitrogens with one attached hydrogen (secondary N) is 1. The van der Waals surface area contributed by atoms with Crippen LogP contribution in [0.15, 0.2) is 36.5 Å². The fourth-order valence-corrected chi connectivity index (χ4v) is 4.20. The number of thiazole rings is 1. The Bertz CT molecular complexity index is 858. The Balaban J connectivity index is 1.44. The molecule has 0 aliphatic heterocycles. The second kappa shape index (κ2) is 7.27. The molecule has 0 radical (unpaired) electrons. The summed E-state index contributed by atoms with van der Waals surface area (Å²) in [4.78, 5) is 8.70. The summed E-state index contributed by atoms with van der Waals surface area (Å²) in [6.07, 6.45) is 8.20. The van der Waals surface area contributed by atoms with Gasteiger partial charge in [0.25, 0.3) is 0 Å². The maximum Gasteiger partial charge on any atom is 0.184 e. The minimum atomic E-state index is 0.476. The van der Waals surface area contributed by atoms with Crippen LogP contribution < -0.4 is 15.8 Å². The second-order valence-corrected chi connectivity index (χ2v) is 7.54. The van der Waals surface area contributed by atoms with Gasteiger partial charge in [0.2, 0.25) is 0 Å². The molecule has 0 saturated heterocycles. The van der Waals surface area contributed by atoms with Crippen molar-refractivity contribution in [3.63, 3.8) is 0 Å². The van der Waals surface area contributed by atoms with E-state index in [1.54, 1.807) is 17.5 Å². The van der Waals surface area contributed by atoms with E-state index in [4.69, 9.17) is 15.5 Å². The summed E-state index contributed by atoms with van der Waals surface area (Å²) in [5.41, 5.74) is 7.73. The minimum absolute atomic E-state index is 0.476. The van der Waals surface area contributed by atoms with Gasteiger partial charge in [0.05, 0.1) is 10.2 Å². The Morgan fingerprint density at radius 1 is 1.16 bits per heavy atom. The van der Waals surface area contributed by atoms with Crippen LogP contribution in [0.25, 0.3) is 10.2 Å². The topological polar surface area (TPSA) is 73.1 Å². The molecule has 0 unspecified atom stereocenters. The van der Waals surface area contributed by atoms with E-state index < -0.39 is 0 Å². The van der Waals surface area contributed by atoms with Crippen molar-refractivity contribution in [2.75, 3.05) is 11.1 Å². The smallest absolute Gasteiger partial charge is 0.184 e. The average Bonchev–Trinajstić information content (AvgIpc) is 3.02. The van der Waals surface area contributed by atoms with Crippen LogP contribution in [0.1, 0.15) is 37.7 Å². The Morgan fingerprint density at radius 3 is 2.88 bits per heavy atom. The average molecular weight is 354 g/mol. The van der Waals surface area contributed by atoms with E-state index in [0.29, 0.717) is 18.5 Å². The van der Waals surface area contributed by atoms with Crippen LogP contribution in [0, 0.1) is 0 Å². The first-order chi connectivity index (χ1) is 12.3. The monoisotopic (exact) mass is 354 g/mol. The molecule has 130 valence electrons. The molecule has 0 amide bonds. The number of ether oxygens (including phenoxy) is 1. The van der Waals surface area contributed by atoms with Crippen molar-refractivity contribution in [1.82, 2.24) is 9.97 Å². The van der Waals surface area contributed by atoms with Crippen molar-refractivity contribution < 1.29 is 4.74 Å². The maximum absolute atomic E-state index is 5.89. The molecule has 3 aromatic rings. The van der Waals surface area contributed by atoms with Crippen LogP contribution in [-0.4, -0.2) is 16.0 Å². The Hall–Kier alpha value is -2.34. The van der Waals surface area contributed by atoms with Crippen molar-refractivity contribution in [2.24, 2.45) is 0 Å². The van der Waals surface area contributed by atoms with E-state index in [1.165, 1.54) is 32.1 Å². The summed E-state index contributed by atoms with van der Waals surface area (Å²) in [6, 6.07) is 10.4. The largest absolute Gasteiger partial charge is 0.489 e. The van der Waals surface area contributed by atoms with E-state index in [1.807, 2.05) is 24.3 Å². The Labute approximate surface area is 151 Å². The number of nitrogen functional groups attached to an aromatic ring is 1. The van der Waals surface area contributed by atoms with Gasteiger partial charge in [-0.05, 0) is 48.7 Å². The molecule has 1 fully saturated rings. The van der Waals surface area contributed by atoms with Gasteiger partial charge in [-0.1, -0.05) is 30.6 Å². The lowest BCUT2D eigenvalue weighted by molar-refractivity contribution is 0.306. The summed E-state index contributed by atoms with van der Waals surface area (Å²) in [5, 5.41) is 4.61. The summed E-state index contributed by atoms with van der Waals surface area (Å²) >= 11 is 1.70. The van der Waals surface area contributed by atoms with Crippen molar-refractivity contribution in [1.29, 1.82) is 0 Å². The lowest BCUT2D eigenvalue weighted by Crippen LogP contribution is -2.21. The quantitative estimate of drug-likeness (QED) is 0.701. The van der Waals surface area contributed by atoms with Gasteiger partial charge in [0.1, 0.15) is 18.2 Å². The van der Waals surface area contributed by atoms with Gasteiger partial charge >= 0.3 is 0 Å². The van der Waals surface area contributed by atoms with Gasteiger partial charge < -0.3 is 15.8 Å². The normalized spacial score (nSPS) is 15.4. The molecule has 0 bridgehead atoms. The van der Waals surface area contributed by atoms with Gasteiger partial charge in [-0.25, -0.2) is 9.97 Å². The third-order valence-corrected chi connectivity index (χ3v) is 5.49. The number of anilines is 2. The summed E-state index contributed by atoms with van der Waals surface area (Å²) < 4.78 is 7.03. The predicted molar refractivity (Wildman–Crippen MR) is 103 cm³/mol. The zero-order chi connectivity index (χ0) is 17.1. The van der Waals surface area contributed by atoms with Gasteiger partial charge in [-0.15, -0.1) is 0 Å². The van der Waals surface area contributed by atoms with Crippen molar-refractivity contribution in [3.05, 3.63) is 42.1 Å². The number of nitrogens with two attached hydrogens (primary N) is 1. The molecule has 25 heavy (non-hydrogen) atoms. The van der Waals surface area contributed by atoms with Gasteiger partial charge in [0.15, 0.2) is 5.13 Å². The van der Waals surface area contributed by atoms with Crippen LogP contribution in [-0.2, 0) is 6.61 Å². The highest BCUT2D eigenvalue weighted by Gasteiger charge is 2.15. The lowest BCUT2D eigenvalue weighted by Gasteiger charge is -2.22. The summed E-state index contributed by atoms with van der Waals surface area (Å²) in [5.74, 6) is 1.35. The summed E-state index contributed by atoms with van der Waals surface area (Å²) in [6.45, 7) is 0.476. The zero-order valence-electron chi connectivity index (χ0n) is 14.1. The number of hydrogen-bond donors (Lipinski definition) is 2. The van der Waals surface area contributed by atoms with Crippen molar-refractivity contribution in [2.45, 2.75) is 44.8 Å². The minimum Gasteiger partial charge on any atom is -0.489 e. The van der Waals surface area contributed by atoms with Crippen LogP contribution in [0.4, 0.5) is 10.9 Å². The molecule has 0 spiro atoms. The Kier molecular flexibility index (Phi) is 4.70. The number of hydrogen-bond acceptors (Lipinski definition) is 6. The van der Waals surface area contributed by atoms with Gasteiger partial charge in [-0.2, -0.15) is 0 Å². The Morgan fingerprint density at radius 2 is 2.04 bits per heavy atom. The first kappa shape index (κ1) is 16.1. The van der Waals surface area contributed by atoms with E-state index in [2.05, 4.69) is 16.4 Å². The first-order valence-electron chi connectivity index (χ1n) is 8.76. The van der Waals surface area contributed by atoms with Crippen LogP contribution >= 0.6 is 11.3 Å². The molecule has 4 rings (SSSR count). The molecule has 3 N–H and O–H groups in total. The molecule has 5 nitrogen and oxygen atoms in total. The van der Waals surface area contributed by atoms with Crippen LogP contribution in [0.3, 0.4) is 0 Å². The first-order valence-corrected chi connectivity index (χ1v) is 9.58. The third kappa shape index (κ3) is 4.02. The molecule has 1 aliphatic carbocycles. The third-order valence-electron chi connectivity index (χ3n) is 4.54.